The van der Waals surface area contributed by atoms with Crippen LogP contribution in [-0.4, -0.2) is 36.6 Å². The minimum atomic E-state index is -0.738. The van der Waals surface area contributed by atoms with Gasteiger partial charge >= 0.3 is 5.97 Å². The number of pyridine rings is 1. The van der Waals surface area contributed by atoms with Crippen LogP contribution in [-0.2, 0) is 4.74 Å². The second-order valence-electron chi connectivity index (χ2n) is 4.34. The van der Waals surface area contributed by atoms with Gasteiger partial charge in [0.15, 0.2) is 23.5 Å². The highest BCUT2D eigenvalue weighted by Crippen LogP contribution is 2.42. The van der Waals surface area contributed by atoms with Crippen molar-refractivity contribution in [3.8, 4) is 22.8 Å². The van der Waals surface area contributed by atoms with E-state index < -0.39 is 5.97 Å². The molecule has 2 aromatic rings. The first-order valence-electron chi connectivity index (χ1n) is 6.24. The summed E-state index contributed by atoms with van der Waals surface area (Å²) in [6, 6.07) is 4.20. The van der Waals surface area contributed by atoms with E-state index in [4.69, 9.17) is 27.9 Å². The van der Waals surface area contributed by atoms with Gasteiger partial charge in [0, 0.05) is 11.1 Å². The number of phenols is 1. The van der Waals surface area contributed by atoms with E-state index in [0.717, 1.165) is 0 Å². The van der Waals surface area contributed by atoms with Gasteiger partial charge in [-0.3, -0.25) is 4.79 Å². The minimum Gasteiger partial charge on any atom is -0.503 e. The Hall–Kier alpha value is -2.31. The van der Waals surface area contributed by atoms with Crippen LogP contribution in [0.4, 0.5) is 0 Å². The standard InChI is InChI=1S/C15H11Cl2NO5/c1-22-10-5-7(6-19)11(12(17)14(10)20)9-4-3-8(16)13(18-9)15(21)23-2/h3-6,20H,1-2H3. The minimum absolute atomic E-state index is 0.0444. The molecule has 0 atom stereocenters. The van der Waals surface area contributed by atoms with E-state index in [1.54, 1.807) is 0 Å². The molecule has 0 spiro atoms. The van der Waals surface area contributed by atoms with Crippen molar-refractivity contribution in [1.82, 2.24) is 4.98 Å². The number of phenolic OH excluding ortho intramolecular Hbond substituents is 1. The van der Waals surface area contributed by atoms with Crippen LogP contribution in [0.15, 0.2) is 18.2 Å². The highest BCUT2D eigenvalue weighted by molar-refractivity contribution is 6.36. The lowest BCUT2D eigenvalue weighted by molar-refractivity contribution is 0.0594. The van der Waals surface area contributed by atoms with E-state index in [9.17, 15) is 14.7 Å². The van der Waals surface area contributed by atoms with Crippen molar-refractivity contribution in [3.63, 3.8) is 0 Å². The van der Waals surface area contributed by atoms with Gasteiger partial charge in [0.1, 0.15) is 0 Å². The van der Waals surface area contributed by atoms with Crippen LogP contribution >= 0.6 is 23.2 Å². The Morgan fingerprint density at radius 3 is 2.57 bits per heavy atom. The molecule has 23 heavy (non-hydrogen) atoms. The number of ether oxygens (including phenoxy) is 2. The number of carbonyl (C=O) groups is 2. The summed E-state index contributed by atoms with van der Waals surface area (Å²) in [5.41, 5.74) is 0.340. The molecule has 0 aliphatic rings. The fourth-order valence-electron chi connectivity index (χ4n) is 1.97. The summed E-state index contributed by atoms with van der Waals surface area (Å²) in [6.07, 6.45) is 0.539. The van der Waals surface area contributed by atoms with Crippen molar-refractivity contribution in [1.29, 1.82) is 0 Å². The fourth-order valence-corrected chi connectivity index (χ4v) is 2.45. The van der Waals surface area contributed by atoms with Gasteiger partial charge in [-0.05, 0) is 18.2 Å². The maximum absolute atomic E-state index is 11.7. The number of halogens is 2. The molecule has 8 heteroatoms. The number of rotatable bonds is 4. The number of benzene rings is 1. The molecule has 0 saturated carbocycles. The van der Waals surface area contributed by atoms with Crippen LogP contribution in [0.1, 0.15) is 20.8 Å². The molecule has 120 valence electrons. The number of methoxy groups -OCH3 is 2. The van der Waals surface area contributed by atoms with E-state index in [0.29, 0.717) is 6.29 Å². The van der Waals surface area contributed by atoms with Gasteiger partial charge < -0.3 is 14.6 Å². The maximum atomic E-state index is 11.7. The molecule has 0 bridgehead atoms. The first-order chi connectivity index (χ1) is 10.9. The van der Waals surface area contributed by atoms with Crippen LogP contribution in [0, 0.1) is 0 Å². The molecular weight excluding hydrogens is 345 g/mol. The van der Waals surface area contributed by atoms with Crippen molar-refractivity contribution in [2.75, 3.05) is 14.2 Å². The van der Waals surface area contributed by atoms with Crippen molar-refractivity contribution in [2.45, 2.75) is 0 Å². The quantitative estimate of drug-likeness (QED) is 0.668. The van der Waals surface area contributed by atoms with E-state index in [-0.39, 0.29) is 44.1 Å². The third kappa shape index (κ3) is 3.09. The van der Waals surface area contributed by atoms with Crippen molar-refractivity contribution in [3.05, 3.63) is 39.5 Å². The van der Waals surface area contributed by atoms with Gasteiger partial charge in [-0.25, -0.2) is 9.78 Å². The Bertz CT molecular complexity index is 792. The van der Waals surface area contributed by atoms with Gasteiger partial charge in [0.25, 0.3) is 0 Å². The molecule has 0 radical (unpaired) electrons. The molecular formula is C15H11Cl2NO5. The Morgan fingerprint density at radius 2 is 2.00 bits per heavy atom. The average Bonchev–Trinajstić information content (AvgIpc) is 2.57. The topological polar surface area (TPSA) is 85.7 Å². The zero-order valence-corrected chi connectivity index (χ0v) is 13.6. The number of carbonyl (C=O) groups excluding carboxylic acids is 2. The van der Waals surface area contributed by atoms with Gasteiger partial charge in [0.05, 0.1) is 30.0 Å². The summed E-state index contributed by atoms with van der Waals surface area (Å²) in [5, 5.41) is 9.98. The van der Waals surface area contributed by atoms with E-state index >= 15 is 0 Å². The normalized spacial score (nSPS) is 10.3. The van der Waals surface area contributed by atoms with Crippen LogP contribution in [0.25, 0.3) is 11.3 Å². The fraction of sp³-hybridized carbons (Fsp3) is 0.133. The SMILES string of the molecule is COC(=O)c1nc(-c2c(C=O)cc(OC)c(O)c2Cl)ccc1Cl. The number of esters is 1. The Labute approximate surface area is 141 Å². The van der Waals surface area contributed by atoms with Crippen LogP contribution in [0.2, 0.25) is 10.0 Å². The second kappa shape index (κ2) is 6.85. The predicted molar refractivity (Wildman–Crippen MR) is 84.6 cm³/mol. The molecule has 2 rings (SSSR count). The lowest BCUT2D eigenvalue weighted by Crippen LogP contribution is -2.06. The van der Waals surface area contributed by atoms with Crippen molar-refractivity contribution in [2.24, 2.45) is 0 Å². The largest absolute Gasteiger partial charge is 0.503 e. The van der Waals surface area contributed by atoms with E-state index in [1.165, 1.54) is 32.4 Å². The van der Waals surface area contributed by atoms with E-state index in [2.05, 4.69) is 9.72 Å². The van der Waals surface area contributed by atoms with Crippen LogP contribution in [0.3, 0.4) is 0 Å². The molecule has 0 aliphatic heterocycles. The summed E-state index contributed by atoms with van der Waals surface area (Å²) in [6.45, 7) is 0. The molecule has 1 aromatic heterocycles. The number of hydrogen-bond donors (Lipinski definition) is 1. The molecule has 0 aliphatic carbocycles. The monoisotopic (exact) mass is 355 g/mol. The Morgan fingerprint density at radius 1 is 1.30 bits per heavy atom. The first-order valence-corrected chi connectivity index (χ1v) is 7.00. The lowest BCUT2D eigenvalue weighted by Gasteiger charge is -2.13. The summed E-state index contributed by atoms with van der Waals surface area (Å²) in [4.78, 5) is 27.1. The molecule has 0 unspecified atom stereocenters. The van der Waals surface area contributed by atoms with Gasteiger partial charge in [-0.2, -0.15) is 0 Å². The molecule has 0 amide bonds. The summed E-state index contributed by atoms with van der Waals surface area (Å²) in [7, 11) is 2.52. The van der Waals surface area contributed by atoms with Gasteiger partial charge in [-0.15, -0.1) is 0 Å². The third-order valence-corrected chi connectivity index (χ3v) is 3.74. The third-order valence-electron chi connectivity index (χ3n) is 3.06. The maximum Gasteiger partial charge on any atom is 0.358 e. The molecule has 1 heterocycles. The second-order valence-corrected chi connectivity index (χ2v) is 5.13. The lowest BCUT2D eigenvalue weighted by atomic mass is 10.0. The smallest absolute Gasteiger partial charge is 0.358 e. The van der Waals surface area contributed by atoms with Crippen molar-refractivity contribution >= 4 is 35.5 Å². The predicted octanol–water partition coefficient (Wildman–Crippen LogP) is 3.37. The highest BCUT2D eigenvalue weighted by atomic mass is 35.5. The molecule has 0 fully saturated rings. The Balaban J connectivity index is 2.74. The molecule has 6 nitrogen and oxygen atoms in total. The molecule has 0 saturated heterocycles. The van der Waals surface area contributed by atoms with E-state index in [1.807, 2.05) is 0 Å². The summed E-state index contributed by atoms with van der Waals surface area (Å²) in [5.74, 6) is -1.03. The molecule has 1 N–H and O–H groups in total. The molecule has 1 aromatic carbocycles. The number of hydrogen-bond acceptors (Lipinski definition) is 6. The van der Waals surface area contributed by atoms with Crippen molar-refractivity contribution < 1.29 is 24.2 Å². The summed E-state index contributed by atoms with van der Waals surface area (Å²) < 4.78 is 9.55. The number of aromatic nitrogens is 1. The van der Waals surface area contributed by atoms with Crippen LogP contribution < -0.4 is 4.74 Å². The number of aromatic hydroxyl groups is 1. The van der Waals surface area contributed by atoms with Crippen LogP contribution in [0.5, 0.6) is 11.5 Å². The Kier molecular flexibility index (Phi) is 5.08. The number of nitrogens with zero attached hydrogens (tertiary/aromatic N) is 1. The zero-order chi connectivity index (χ0) is 17.1. The average molecular weight is 356 g/mol. The van der Waals surface area contributed by atoms with Gasteiger partial charge in [0.2, 0.25) is 0 Å². The zero-order valence-electron chi connectivity index (χ0n) is 12.1. The first kappa shape index (κ1) is 17.1. The highest BCUT2D eigenvalue weighted by Gasteiger charge is 2.21. The number of aldehydes is 1. The summed E-state index contributed by atoms with van der Waals surface area (Å²) >= 11 is 12.0. The van der Waals surface area contributed by atoms with Gasteiger partial charge in [-0.1, -0.05) is 23.2 Å².